The predicted octanol–water partition coefficient (Wildman–Crippen LogP) is 4.19. The highest BCUT2D eigenvalue weighted by Gasteiger charge is 2.01. The Morgan fingerprint density at radius 3 is 2.79 bits per heavy atom. The molecule has 0 radical (unpaired) electrons. The number of ether oxygens (including phenoxy) is 1. The molecular formula is C15H18ClNOS. The number of thiophene rings is 1. The highest BCUT2D eigenvalue weighted by molar-refractivity contribution is 7.16. The summed E-state index contributed by atoms with van der Waals surface area (Å²) in [6, 6.07) is 10.1. The minimum Gasteiger partial charge on any atom is -0.492 e. The predicted molar refractivity (Wildman–Crippen MR) is 82.4 cm³/mol. The molecule has 0 aliphatic heterocycles. The lowest BCUT2D eigenvalue weighted by atomic mass is 10.1. The van der Waals surface area contributed by atoms with Gasteiger partial charge in [0.05, 0.1) is 4.34 Å². The van der Waals surface area contributed by atoms with Crippen LogP contribution in [0.2, 0.25) is 4.34 Å². The monoisotopic (exact) mass is 295 g/mol. The van der Waals surface area contributed by atoms with Gasteiger partial charge in [0.1, 0.15) is 12.4 Å². The third-order valence-corrected chi connectivity index (χ3v) is 4.25. The maximum atomic E-state index is 5.88. The van der Waals surface area contributed by atoms with Crippen LogP contribution < -0.4 is 10.1 Å². The molecule has 1 aromatic carbocycles. The molecule has 0 aliphatic rings. The molecule has 0 spiro atoms. The number of rotatable bonds is 6. The quantitative estimate of drug-likeness (QED) is 0.807. The van der Waals surface area contributed by atoms with Crippen LogP contribution in [0.25, 0.3) is 0 Å². The van der Waals surface area contributed by atoms with Crippen molar-refractivity contribution >= 4 is 22.9 Å². The topological polar surface area (TPSA) is 21.3 Å². The molecule has 1 heterocycles. The Labute approximate surface area is 123 Å². The fourth-order valence-electron chi connectivity index (χ4n) is 1.77. The van der Waals surface area contributed by atoms with E-state index in [-0.39, 0.29) is 0 Å². The summed E-state index contributed by atoms with van der Waals surface area (Å²) in [6.45, 7) is 6.52. The number of nitrogens with one attached hydrogen (secondary N) is 1. The van der Waals surface area contributed by atoms with Gasteiger partial charge in [0.15, 0.2) is 0 Å². The van der Waals surface area contributed by atoms with E-state index in [0.717, 1.165) is 23.2 Å². The van der Waals surface area contributed by atoms with E-state index in [2.05, 4.69) is 25.2 Å². The van der Waals surface area contributed by atoms with Gasteiger partial charge in [-0.2, -0.15) is 0 Å². The van der Waals surface area contributed by atoms with E-state index in [1.54, 1.807) is 11.3 Å². The van der Waals surface area contributed by atoms with E-state index in [0.29, 0.717) is 6.61 Å². The van der Waals surface area contributed by atoms with Gasteiger partial charge in [-0.1, -0.05) is 23.7 Å². The zero-order chi connectivity index (χ0) is 13.7. The fourth-order valence-corrected chi connectivity index (χ4v) is 2.83. The number of benzene rings is 1. The fraction of sp³-hybridized carbons (Fsp3) is 0.333. The molecule has 0 fully saturated rings. The number of halogens is 1. The molecule has 0 amide bonds. The van der Waals surface area contributed by atoms with Crippen LogP contribution in [0.15, 0.2) is 30.3 Å². The van der Waals surface area contributed by atoms with Gasteiger partial charge in [0.25, 0.3) is 0 Å². The number of hydrogen-bond acceptors (Lipinski definition) is 3. The molecule has 19 heavy (non-hydrogen) atoms. The van der Waals surface area contributed by atoms with Gasteiger partial charge >= 0.3 is 0 Å². The summed E-state index contributed by atoms with van der Waals surface area (Å²) in [5, 5.41) is 3.35. The smallest absolute Gasteiger partial charge is 0.122 e. The van der Waals surface area contributed by atoms with Gasteiger partial charge in [-0.3, -0.25) is 0 Å². The molecule has 2 aromatic rings. The number of hydrogen-bond donors (Lipinski definition) is 1. The van der Waals surface area contributed by atoms with Crippen molar-refractivity contribution < 1.29 is 4.74 Å². The van der Waals surface area contributed by atoms with Gasteiger partial charge < -0.3 is 10.1 Å². The lowest BCUT2D eigenvalue weighted by Crippen LogP contribution is -2.20. The number of aryl methyl sites for hydroxylation is 1. The minimum atomic E-state index is 0.670. The second-order valence-corrected chi connectivity index (χ2v) is 6.23. The van der Waals surface area contributed by atoms with Gasteiger partial charge in [-0.05, 0) is 43.2 Å². The van der Waals surface area contributed by atoms with E-state index < -0.39 is 0 Å². The van der Waals surface area contributed by atoms with Crippen molar-refractivity contribution in [1.29, 1.82) is 0 Å². The summed E-state index contributed by atoms with van der Waals surface area (Å²) >= 11 is 7.49. The Bertz CT molecular complexity index is 539. The average molecular weight is 296 g/mol. The zero-order valence-electron chi connectivity index (χ0n) is 11.2. The van der Waals surface area contributed by atoms with Crippen molar-refractivity contribution in [3.63, 3.8) is 0 Å². The third kappa shape index (κ3) is 4.23. The van der Waals surface area contributed by atoms with Crippen molar-refractivity contribution in [3.05, 3.63) is 50.7 Å². The second-order valence-electron chi connectivity index (χ2n) is 4.43. The van der Waals surface area contributed by atoms with Crippen molar-refractivity contribution in [2.24, 2.45) is 0 Å². The highest BCUT2D eigenvalue weighted by atomic mass is 35.5. The van der Waals surface area contributed by atoms with Crippen molar-refractivity contribution in [2.75, 3.05) is 13.2 Å². The summed E-state index contributed by atoms with van der Waals surface area (Å²) in [4.78, 5) is 1.25. The Kier molecular flexibility index (Phi) is 5.25. The minimum absolute atomic E-state index is 0.670. The molecule has 1 N–H and O–H groups in total. The summed E-state index contributed by atoms with van der Waals surface area (Å²) < 4.78 is 6.61. The standard InChI is InChI=1S/C15H18ClNOS/c1-11-4-3-5-14(12(11)2)18-9-8-17-10-13-6-7-15(16)19-13/h3-7,17H,8-10H2,1-2H3. The van der Waals surface area contributed by atoms with E-state index in [1.165, 1.54) is 16.0 Å². The molecule has 102 valence electrons. The summed E-state index contributed by atoms with van der Waals surface area (Å²) in [6.07, 6.45) is 0. The van der Waals surface area contributed by atoms with Crippen LogP contribution in [0.1, 0.15) is 16.0 Å². The maximum absolute atomic E-state index is 5.88. The summed E-state index contributed by atoms with van der Waals surface area (Å²) in [5.41, 5.74) is 2.48. The van der Waals surface area contributed by atoms with Crippen LogP contribution >= 0.6 is 22.9 Å². The summed E-state index contributed by atoms with van der Waals surface area (Å²) in [5.74, 6) is 0.973. The average Bonchev–Trinajstić information content (AvgIpc) is 2.80. The van der Waals surface area contributed by atoms with Crippen molar-refractivity contribution in [2.45, 2.75) is 20.4 Å². The van der Waals surface area contributed by atoms with Crippen LogP contribution in [-0.4, -0.2) is 13.2 Å². The molecule has 2 rings (SSSR count). The van der Waals surface area contributed by atoms with Crippen molar-refractivity contribution in [3.8, 4) is 5.75 Å². The van der Waals surface area contributed by atoms with Gasteiger partial charge in [0.2, 0.25) is 0 Å². The van der Waals surface area contributed by atoms with Crippen LogP contribution in [-0.2, 0) is 6.54 Å². The second kappa shape index (κ2) is 6.94. The first-order valence-electron chi connectivity index (χ1n) is 6.31. The first kappa shape index (κ1) is 14.4. The first-order chi connectivity index (χ1) is 9.16. The van der Waals surface area contributed by atoms with Crippen LogP contribution in [0.4, 0.5) is 0 Å². The van der Waals surface area contributed by atoms with E-state index in [9.17, 15) is 0 Å². The molecule has 0 aliphatic carbocycles. The first-order valence-corrected chi connectivity index (χ1v) is 7.50. The SMILES string of the molecule is Cc1cccc(OCCNCc2ccc(Cl)s2)c1C. The van der Waals surface area contributed by atoms with Crippen LogP contribution in [0, 0.1) is 13.8 Å². The zero-order valence-corrected chi connectivity index (χ0v) is 12.8. The van der Waals surface area contributed by atoms with E-state index >= 15 is 0 Å². The third-order valence-electron chi connectivity index (χ3n) is 3.02. The van der Waals surface area contributed by atoms with E-state index in [4.69, 9.17) is 16.3 Å². The molecule has 0 atom stereocenters. The van der Waals surface area contributed by atoms with Gasteiger partial charge in [0, 0.05) is 18.0 Å². The normalized spacial score (nSPS) is 10.7. The Hall–Kier alpha value is -1.03. The van der Waals surface area contributed by atoms with Crippen LogP contribution in [0.3, 0.4) is 0 Å². The maximum Gasteiger partial charge on any atom is 0.122 e. The van der Waals surface area contributed by atoms with Gasteiger partial charge in [-0.15, -0.1) is 11.3 Å². The highest BCUT2D eigenvalue weighted by Crippen LogP contribution is 2.21. The summed E-state index contributed by atoms with van der Waals surface area (Å²) in [7, 11) is 0. The molecule has 2 nitrogen and oxygen atoms in total. The lowest BCUT2D eigenvalue weighted by Gasteiger charge is -2.11. The molecule has 0 unspecified atom stereocenters. The molecule has 0 saturated carbocycles. The Morgan fingerprint density at radius 2 is 2.05 bits per heavy atom. The van der Waals surface area contributed by atoms with E-state index in [1.807, 2.05) is 24.3 Å². The molecule has 4 heteroatoms. The Morgan fingerprint density at radius 1 is 1.21 bits per heavy atom. The molecule has 0 saturated heterocycles. The molecular weight excluding hydrogens is 278 g/mol. The van der Waals surface area contributed by atoms with Crippen molar-refractivity contribution in [1.82, 2.24) is 5.32 Å². The van der Waals surface area contributed by atoms with Crippen LogP contribution in [0.5, 0.6) is 5.75 Å². The van der Waals surface area contributed by atoms with Gasteiger partial charge in [-0.25, -0.2) is 0 Å². The molecule has 0 bridgehead atoms. The largest absolute Gasteiger partial charge is 0.492 e. The molecule has 1 aromatic heterocycles. The lowest BCUT2D eigenvalue weighted by molar-refractivity contribution is 0.311. The Balaban J connectivity index is 1.71.